The molecule has 1 amide bonds. The fourth-order valence-corrected chi connectivity index (χ4v) is 4.27. The molecule has 0 radical (unpaired) electrons. The standard InChI is InChI=1S/C21H24FNO3S/c22-17-10-8-16(9-11-17)21(18-6-3-13-27-18)23-19(24)14-26-20(25)12-7-15-4-1-2-5-15/h3,6,8-11,13,15,21H,1-2,4-5,7,12,14H2,(H,23,24)/t21-/m1/s1. The van der Waals surface area contributed by atoms with Gasteiger partial charge in [0.25, 0.3) is 5.91 Å². The van der Waals surface area contributed by atoms with Crippen molar-refractivity contribution in [2.75, 3.05) is 6.61 Å². The maximum Gasteiger partial charge on any atom is 0.306 e. The predicted octanol–water partition coefficient (Wildman–Crippen LogP) is 4.61. The van der Waals surface area contributed by atoms with Crippen LogP contribution >= 0.6 is 11.3 Å². The SMILES string of the molecule is O=C(COC(=O)CCC1CCCC1)N[C@H](c1ccc(F)cc1)c1cccs1. The van der Waals surface area contributed by atoms with Gasteiger partial charge in [0, 0.05) is 11.3 Å². The first kappa shape index (κ1) is 19.5. The summed E-state index contributed by atoms with van der Waals surface area (Å²) in [7, 11) is 0. The number of amides is 1. The van der Waals surface area contributed by atoms with Gasteiger partial charge in [0.15, 0.2) is 6.61 Å². The van der Waals surface area contributed by atoms with E-state index in [0.29, 0.717) is 12.3 Å². The molecule has 1 aliphatic rings. The van der Waals surface area contributed by atoms with Crippen LogP contribution in [0, 0.1) is 11.7 Å². The van der Waals surface area contributed by atoms with E-state index in [-0.39, 0.29) is 24.3 Å². The molecule has 0 aliphatic heterocycles. The van der Waals surface area contributed by atoms with E-state index >= 15 is 0 Å². The first-order chi connectivity index (χ1) is 13.1. The van der Waals surface area contributed by atoms with Gasteiger partial charge in [-0.05, 0) is 41.5 Å². The van der Waals surface area contributed by atoms with Gasteiger partial charge in [-0.15, -0.1) is 11.3 Å². The highest BCUT2D eigenvalue weighted by atomic mass is 32.1. The van der Waals surface area contributed by atoms with Crippen molar-refractivity contribution in [1.82, 2.24) is 5.32 Å². The molecule has 1 N–H and O–H groups in total. The summed E-state index contributed by atoms with van der Waals surface area (Å²) in [6.07, 6.45) is 6.07. The Hall–Kier alpha value is -2.21. The van der Waals surface area contributed by atoms with Crippen LogP contribution in [0.3, 0.4) is 0 Å². The highest BCUT2D eigenvalue weighted by molar-refractivity contribution is 7.10. The molecule has 27 heavy (non-hydrogen) atoms. The largest absolute Gasteiger partial charge is 0.456 e. The third-order valence-electron chi connectivity index (χ3n) is 4.93. The first-order valence-electron chi connectivity index (χ1n) is 9.35. The van der Waals surface area contributed by atoms with Crippen molar-refractivity contribution in [3.63, 3.8) is 0 Å². The minimum absolute atomic E-state index is 0.299. The van der Waals surface area contributed by atoms with Crippen molar-refractivity contribution in [2.45, 2.75) is 44.6 Å². The lowest BCUT2D eigenvalue weighted by molar-refractivity contribution is -0.148. The van der Waals surface area contributed by atoms with Crippen LogP contribution in [0.25, 0.3) is 0 Å². The first-order valence-corrected chi connectivity index (χ1v) is 10.2. The molecule has 1 fully saturated rings. The fraction of sp³-hybridized carbons (Fsp3) is 0.429. The number of hydrogen-bond donors (Lipinski definition) is 1. The van der Waals surface area contributed by atoms with Crippen LogP contribution in [0.5, 0.6) is 0 Å². The minimum Gasteiger partial charge on any atom is -0.456 e. The summed E-state index contributed by atoms with van der Waals surface area (Å²) in [5, 5.41) is 4.80. The van der Waals surface area contributed by atoms with E-state index in [0.717, 1.165) is 16.9 Å². The molecule has 3 rings (SSSR count). The molecule has 0 bridgehead atoms. The van der Waals surface area contributed by atoms with Gasteiger partial charge >= 0.3 is 5.97 Å². The van der Waals surface area contributed by atoms with E-state index in [9.17, 15) is 14.0 Å². The quantitative estimate of drug-likeness (QED) is 0.671. The predicted molar refractivity (Wildman–Crippen MR) is 103 cm³/mol. The average molecular weight is 389 g/mol. The molecule has 1 aliphatic carbocycles. The van der Waals surface area contributed by atoms with Crippen LogP contribution in [-0.2, 0) is 14.3 Å². The van der Waals surface area contributed by atoms with Crippen molar-refractivity contribution in [3.05, 3.63) is 58.0 Å². The summed E-state index contributed by atoms with van der Waals surface area (Å²) in [6, 6.07) is 9.44. The van der Waals surface area contributed by atoms with Crippen LogP contribution < -0.4 is 5.32 Å². The normalized spacial score (nSPS) is 15.4. The Kier molecular flexibility index (Phi) is 6.98. The number of carbonyl (C=O) groups is 2. The lowest BCUT2D eigenvalue weighted by Gasteiger charge is -2.18. The van der Waals surface area contributed by atoms with Crippen molar-refractivity contribution < 1.29 is 18.7 Å². The fourth-order valence-electron chi connectivity index (χ4n) is 3.47. The third kappa shape index (κ3) is 5.89. The Morgan fingerprint density at radius 3 is 2.59 bits per heavy atom. The van der Waals surface area contributed by atoms with Crippen LogP contribution in [0.2, 0.25) is 0 Å². The minimum atomic E-state index is -0.393. The molecule has 2 aromatic rings. The molecule has 1 heterocycles. The van der Waals surface area contributed by atoms with E-state index in [1.807, 2.05) is 17.5 Å². The van der Waals surface area contributed by atoms with Crippen molar-refractivity contribution in [1.29, 1.82) is 0 Å². The Bertz CT molecular complexity index is 739. The molecular weight excluding hydrogens is 365 g/mol. The highest BCUT2D eigenvalue weighted by Gasteiger charge is 2.20. The molecule has 6 heteroatoms. The van der Waals surface area contributed by atoms with E-state index < -0.39 is 6.04 Å². The van der Waals surface area contributed by atoms with Gasteiger partial charge in [-0.25, -0.2) is 4.39 Å². The van der Waals surface area contributed by atoms with Gasteiger partial charge in [0.05, 0.1) is 6.04 Å². The van der Waals surface area contributed by atoms with Crippen LogP contribution in [0.1, 0.15) is 55.0 Å². The maximum absolute atomic E-state index is 13.2. The zero-order valence-electron chi connectivity index (χ0n) is 15.2. The number of hydrogen-bond acceptors (Lipinski definition) is 4. The topological polar surface area (TPSA) is 55.4 Å². The van der Waals surface area contributed by atoms with E-state index in [1.165, 1.54) is 49.2 Å². The van der Waals surface area contributed by atoms with Gasteiger partial charge in [0.2, 0.25) is 0 Å². The number of rotatable bonds is 8. The third-order valence-corrected chi connectivity index (χ3v) is 5.87. The molecule has 0 unspecified atom stereocenters. The summed E-state index contributed by atoms with van der Waals surface area (Å²) in [6.45, 7) is -0.299. The maximum atomic E-state index is 13.2. The summed E-state index contributed by atoms with van der Waals surface area (Å²) < 4.78 is 18.3. The number of halogens is 1. The second-order valence-corrected chi connectivity index (χ2v) is 7.90. The molecule has 144 valence electrons. The molecule has 1 saturated carbocycles. The summed E-state index contributed by atoms with van der Waals surface area (Å²) in [5.74, 6) is -0.405. The second-order valence-electron chi connectivity index (χ2n) is 6.92. The summed E-state index contributed by atoms with van der Waals surface area (Å²) in [5.41, 5.74) is 0.778. The lowest BCUT2D eigenvalue weighted by Crippen LogP contribution is -2.32. The Morgan fingerprint density at radius 2 is 1.93 bits per heavy atom. The molecular formula is C21H24FNO3S. The van der Waals surface area contributed by atoms with Crippen LogP contribution in [-0.4, -0.2) is 18.5 Å². The molecule has 1 aromatic heterocycles. The lowest BCUT2D eigenvalue weighted by atomic mass is 10.0. The number of benzene rings is 1. The van der Waals surface area contributed by atoms with E-state index in [4.69, 9.17) is 4.74 Å². The van der Waals surface area contributed by atoms with Crippen molar-refractivity contribution >= 4 is 23.2 Å². The van der Waals surface area contributed by atoms with Crippen LogP contribution in [0.4, 0.5) is 4.39 Å². The van der Waals surface area contributed by atoms with Gasteiger partial charge < -0.3 is 10.1 Å². The van der Waals surface area contributed by atoms with Crippen molar-refractivity contribution in [3.8, 4) is 0 Å². The van der Waals surface area contributed by atoms with Gasteiger partial charge in [0.1, 0.15) is 5.82 Å². The highest BCUT2D eigenvalue weighted by Crippen LogP contribution is 2.28. The number of esters is 1. The van der Waals surface area contributed by atoms with Crippen LogP contribution in [0.15, 0.2) is 41.8 Å². The number of carbonyl (C=O) groups excluding carboxylic acids is 2. The Labute approximate surface area is 162 Å². The van der Waals surface area contributed by atoms with Crippen molar-refractivity contribution in [2.24, 2.45) is 5.92 Å². The smallest absolute Gasteiger partial charge is 0.306 e. The Balaban J connectivity index is 1.51. The zero-order chi connectivity index (χ0) is 19.1. The number of nitrogens with one attached hydrogen (secondary N) is 1. The molecule has 0 spiro atoms. The van der Waals surface area contributed by atoms with E-state index in [1.54, 1.807) is 12.1 Å². The van der Waals surface area contributed by atoms with Gasteiger partial charge in [-0.2, -0.15) is 0 Å². The number of ether oxygens (including phenoxy) is 1. The summed E-state index contributed by atoms with van der Waals surface area (Å²) >= 11 is 1.50. The number of thiophene rings is 1. The Morgan fingerprint density at radius 1 is 1.19 bits per heavy atom. The molecule has 0 saturated heterocycles. The second kappa shape index (κ2) is 9.65. The van der Waals surface area contributed by atoms with Gasteiger partial charge in [-0.3, -0.25) is 9.59 Å². The molecule has 1 aromatic carbocycles. The monoisotopic (exact) mass is 389 g/mol. The zero-order valence-corrected chi connectivity index (χ0v) is 16.0. The average Bonchev–Trinajstić information content (AvgIpc) is 3.37. The summed E-state index contributed by atoms with van der Waals surface area (Å²) in [4.78, 5) is 25.1. The van der Waals surface area contributed by atoms with E-state index in [2.05, 4.69) is 5.32 Å². The van der Waals surface area contributed by atoms with Gasteiger partial charge in [-0.1, -0.05) is 43.9 Å². The molecule has 4 nitrogen and oxygen atoms in total. The molecule has 1 atom stereocenters.